The Morgan fingerprint density at radius 3 is 2.90 bits per heavy atom. The van der Waals surface area contributed by atoms with Gasteiger partial charge in [0.15, 0.2) is 0 Å². The number of hydrogen-bond donors (Lipinski definition) is 1. The average Bonchev–Trinajstić information content (AvgIpc) is 2.47. The molecule has 0 fully saturated rings. The zero-order chi connectivity index (χ0) is 14.8. The van der Waals surface area contributed by atoms with Crippen molar-refractivity contribution < 1.29 is 9.84 Å². The van der Waals surface area contributed by atoms with Crippen molar-refractivity contribution >= 4 is 27.5 Å². The maximum absolute atomic E-state index is 10.1. The Bertz CT molecular complexity index is 657. The molecule has 1 aliphatic rings. The second-order valence-electron chi connectivity index (χ2n) is 5.29. The van der Waals surface area contributed by atoms with Crippen LogP contribution in [0.25, 0.3) is 0 Å². The van der Waals surface area contributed by atoms with Crippen molar-refractivity contribution in [2.24, 2.45) is 0 Å². The number of ether oxygens (including phenoxy) is 1. The summed E-state index contributed by atoms with van der Waals surface area (Å²) in [5.41, 5.74) is 3.17. The van der Waals surface area contributed by atoms with Gasteiger partial charge in [-0.1, -0.05) is 39.7 Å². The minimum atomic E-state index is -0.367. The molecule has 0 aromatic heterocycles. The van der Waals surface area contributed by atoms with E-state index in [-0.39, 0.29) is 6.10 Å². The molecule has 21 heavy (non-hydrogen) atoms. The predicted octanol–water partition coefficient (Wildman–Crippen LogP) is 5.05. The van der Waals surface area contributed by atoms with Crippen LogP contribution in [0.1, 0.15) is 35.6 Å². The molecule has 2 aromatic carbocycles. The molecule has 1 atom stereocenters. The molecule has 0 saturated heterocycles. The lowest BCUT2D eigenvalue weighted by molar-refractivity contribution is 0.156. The maximum Gasteiger partial charge on any atom is 0.120 e. The zero-order valence-corrected chi connectivity index (χ0v) is 13.8. The summed E-state index contributed by atoms with van der Waals surface area (Å²) in [6, 6.07) is 11.7. The molecule has 4 heteroatoms. The standard InChI is InChI=1S/C17H16BrClO2/c18-13-6-4-12(16(19)8-13)10-21-14-7-5-11-2-1-3-17(20)15(11)9-14/h4-9,17,20H,1-3,10H2/t17-/m1/s1. The summed E-state index contributed by atoms with van der Waals surface area (Å²) in [6.45, 7) is 0.418. The topological polar surface area (TPSA) is 29.5 Å². The smallest absolute Gasteiger partial charge is 0.120 e. The molecule has 0 heterocycles. The summed E-state index contributed by atoms with van der Waals surface area (Å²) in [6.07, 6.45) is 2.54. The first-order valence-electron chi connectivity index (χ1n) is 7.01. The maximum atomic E-state index is 10.1. The van der Waals surface area contributed by atoms with Crippen LogP contribution in [0.2, 0.25) is 5.02 Å². The highest BCUT2D eigenvalue weighted by molar-refractivity contribution is 9.10. The molecule has 3 rings (SSSR count). The molecule has 0 aliphatic heterocycles. The second-order valence-corrected chi connectivity index (χ2v) is 6.62. The molecule has 0 radical (unpaired) electrons. The van der Waals surface area contributed by atoms with E-state index in [1.165, 1.54) is 5.56 Å². The van der Waals surface area contributed by atoms with Crippen LogP contribution >= 0.6 is 27.5 Å². The van der Waals surface area contributed by atoms with Crippen LogP contribution in [0.5, 0.6) is 5.75 Å². The summed E-state index contributed by atoms with van der Waals surface area (Å²) in [5, 5.41) is 10.7. The van der Waals surface area contributed by atoms with Gasteiger partial charge < -0.3 is 9.84 Å². The fourth-order valence-corrected chi connectivity index (χ4v) is 3.37. The Balaban J connectivity index is 1.75. The van der Waals surface area contributed by atoms with Gasteiger partial charge >= 0.3 is 0 Å². The Hall–Kier alpha value is -1.03. The summed E-state index contributed by atoms with van der Waals surface area (Å²) in [5.74, 6) is 0.772. The minimum absolute atomic E-state index is 0.367. The van der Waals surface area contributed by atoms with Gasteiger partial charge in [-0.2, -0.15) is 0 Å². The first-order chi connectivity index (χ1) is 10.1. The number of rotatable bonds is 3. The first-order valence-corrected chi connectivity index (χ1v) is 8.18. The van der Waals surface area contributed by atoms with Crippen molar-refractivity contribution in [2.45, 2.75) is 32.0 Å². The molecule has 0 bridgehead atoms. The van der Waals surface area contributed by atoms with Gasteiger partial charge in [-0.25, -0.2) is 0 Å². The minimum Gasteiger partial charge on any atom is -0.489 e. The van der Waals surface area contributed by atoms with Crippen molar-refractivity contribution in [3.8, 4) is 5.75 Å². The third-order valence-corrected chi connectivity index (χ3v) is 4.65. The molecule has 1 aliphatic carbocycles. The van der Waals surface area contributed by atoms with Gasteiger partial charge in [-0.15, -0.1) is 0 Å². The van der Waals surface area contributed by atoms with Crippen LogP contribution in [0, 0.1) is 0 Å². The molecular formula is C17H16BrClO2. The van der Waals surface area contributed by atoms with Gasteiger partial charge in [0.05, 0.1) is 6.10 Å². The van der Waals surface area contributed by atoms with Crippen molar-refractivity contribution in [1.29, 1.82) is 0 Å². The molecule has 2 nitrogen and oxygen atoms in total. The van der Waals surface area contributed by atoms with E-state index >= 15 is 0 Å². The number of aliphatic hydroxyl groups excluding tert-OH is 1. The number of halogens is 2. The van der Waals surface area contributed by atoms with Crippen molar-refractivity contribution in [3.63, 3.8) is 0 Å². The van der Waals surface area contributed by atoms with E-state index in [1.807, 2.05) is 30.3 Å². The quantitative estimate of drug-likeness (QED) is 0.822. The molecule has 0 unspecified atom stereocenters. The van der Waals surface area contributed by atoms with Gasteiger partial charge in [-0.3, -0.25) is 0 Å². The highest BCUT2D eigenvalue weighted by Gasteiger charge is 2.18. The number of benzene rings is 2. The fourth-order valence-electron chi connectivity index (χ4n) is 2.64. The molecule has 0 spiro atoms. The number of hydrogen-bond acceptors (Lipinski definition) is 2. The van der Waals surface area contributed by atoms with Gasteiger partial charge in [0.1, 0.15) is 12.4 Å². The molecule has 2 aromatic rings. The lowest BCUT2D eigenvalue weighted by Gasteiger charge is -2.22. The van der Waals surface area contributed by atoms with Crippen LogP contribution in [0.3, 0.4) is 0 Å². The lowest BCUT2D eigenvalue weighted by atomic mass is 9.89. The van der Waals surface area contributed by atoms with E-state index in [0.29, 0.717) is 11.6 Å². The molecule has 0 saturated carbocycles. The van der Waals surface area contributed by atoms with E-state index in [9.17, 15) is 5.11 Å². The molecular weight excluding hydrogens is 352 g/mol. The average molecular weight is 368 g/mol. The third-order valence-electron chi connectivity index (χ3n) is 3.81. The molecule has 1 N–H and O–H groups in total. The van der Waals surface area contributed by atoms with E-state index < -0.39 is 0 Å². The van der Waals surface area contributed by atoms with Crippen LogP contribution in [-0.2, 0) is 13.0 Å². The van der Waals surface area contributed by atoms with E-state index in [0.717, 1.165) is 40.6 Å². The van der Waals surface area contributed by atoms with Crippen molar-refractivity contribution in [2.75, 3.05) is 0 Å². The van der Waals surface area contributed by atoms with Crippen LogP contribution in [-0.4, -0.2) is 5.11 Å². The normalized spacial score (nSPS) is 17.4. The van der Waals surface area contributed by atoms with Crippen LogP contribution in [0.4, 0.5) is 0 Å². The zero-order valence-electron chi connectivity index (χ0n) is 11.5. The van der Waals surface area contributed by atoms with Crippen LogP contribution < -0.4 is 4.74 Å². The Kier molecular flexibility index (Phi) is 4.53. The fraction of sp³-hybridized carbons (Fsp3) is 0.294. The lowest BCUT2D eigenvalue weighted by Crippen LogP contribution is -2.09. The highest BCUT2D eigenvalue weighted by atomic mass is 79.9. The Morgan fingerprint density at radius 1 is 1.24 bits per heavy atom. The van der Waals surface area contributed by atoms with E-state index in [2.05, 4.69) is 22.0 Å². The van der Waals surface area contributed by atoms with E-state index in [1.54, 1.807) is 0 Å². The monoisotopic (exact) mass is 366 g/mol. The Labute approximate surface area is 137 Å². The largest absolute Gasteiger partial charge is 0.489 e. The Morgan fingerprint density at radius 2 is 2.10 bits per heavy atom. The van der Waals surface area contributed by atoms with E-state index in [4.69, 9.17) is 16.3 Å². The van der Waals surface area contributed by atoms with Gasteiger partial charge in [-0.05, 0) is 54.7 Å². The molecule has 0 amide bonds. The van der Waals surface area contributed by atoms with Gasteiger partial charge in [0.25, 0.3) is 0 Å². The van der Waals surface area contributed by atoms with Crippen molar-refractivity contribution in [1.82, 2.24) is 0 Å². The summed E-state index contributed by atoms with van der Waals surface area (Å²) in [7, 11) is 0. The third kappa shape index (κ3) is 3.42. The number of fused-ring (bicyclic) bond motifs is 1. The highest BCUT2D eigenvalue weighted by Crippen LogP contribution is 2.32. The second kappa shape index (κ2) is 6.39. The van der Waals surface area contributed by atoms with Crippen LogP contribution in [0.15, 0.2) is 40.9 Å². The number of aryl methyl sites for hydroxylation is 1. The number of aliphatic hydroxyl groups is 1. The summed E-state index contributed by atoms with van der Waals surface area (Å²) < 4.78 is 6.77. The van der Waals surface area contributed by atoms with Gasteiger partial charge in [0, 0.05) is 15.1 Å². The summed E-state index contributed by atoms with van der Waals surface area (Å²) in [4.78, 5) is 0. The molecule has 110 valence electrons. The van der Waals surface area contributed by atoms with Crippen molar-refractivity contribution in [3.05, 3.63) is 62.6 Å². The predicted molar refractivity (Wildman–Crippen MR) is 87.8 cm³/mol. The SMILES string of the molecule is O[C@@H]1CCCc2ccc(OCc3ccc(Br)cc3Cl)cc21. The van der Waals surface area contributed by atoms with Gasteiger partial charge in [0.2, 0.25) is 0 Å². The summed E-state index contributed by atoms with van der Waals surface area (Å²) >= 11 is 9.57. The first kappa shape index (κ1) is 14.9.